The molecule has 0 amide bonds. The molecular weight excluding hydrogens is 260 g/mol. The summed E-state index contributed by atoms with van der Waals surface area (Å²) in [6.07, 6.45) is 0. The minimum Gasteiger partial charge on any atom is -0.258 e. The van der Waals surface area contributed by atoms with Crippen LogP contribution in [0.5, 0.6) is 0 Å². The lowest BCUT2D eigenvalue weighted by Gasteiger charge is -2.06. The fraction of sp³-hybridized carbons (Fsp3) is 0. The molecule has 0 bridgehead atoms. The average molecular weight is 270 g/mol. The molecule has 20 heavy (non-hydrogen) atoms. The number of hydrogen-bond acceptors (Lipinski definition) is 4. The Kier molecular flexibility index (Phi) is 3.56. The van der Waals surface area contributed by atoms with E-state index < -0.39 is 9.85 Å². The predicted octanol–water partition coefficient (Wildman–Crippen LogP) is 3.56. The van der Waals surface area contributed by atoms with Crippen LogP contribution in [0.1, 0.15) is 11.1 Å². The van der Waals surface area contributed by atoms with Crippen molar-refractivity contribution in [3.05, 3.63) is 86.5 Å². The Morgan fingerprint density at radius 1 is 0.850 bits per heavy atom. The summed E-state index contributed by atoms with van der Waals surface area (Å²) >= 11 is 0. The quantitative estimate of drug-likeness (QED) is 0.627. The van der Waals surface area contributed by atoms with Gasteiger partial charge in [0.05, 0.1) is 9.85 Å². The topological polar surface area (TPSA) is 86.3 Å². The van der Waals surface area contributed by atoms with Crippen molar-refractivity contribution in [3.8, 4) is 0 Å². The molecule has 2 aromatic carbocycles. The van der Waals surface area contributed by atoms with Crippen LogP contribution in [0.15, 0.2) is 55.1 Å². The second-order valence-electron chi connectivity index (χ2n) is 4.09. The van der Waals surface area contributed by atoms with Crippen molar-refractivity contribution < 1.29 is 9.85 Å². The van der Waals surface area contributed by atoms with E-state index in [1.807, 2.05) is 0 Å². The number of nitro groups is 2. The van der Waals surface area contributed by atoms with E-state index in [1.54, 1.807) is 24.3 Å². The zero-order valence-corrected chi connectivity index (χ0v) is 10.4. The lowest BCUT2D eigenvalue weighted by atomic mass is 9.99. The van der Waals surface area contributed by atoms with E-state index in [0.29, 0.717) is 16.7 Å². The molecule has 2 aromatic rings. The summed E-state index contributed by atoms with van der Waals surface area (Å²) in [6.45, 7) is 3.85. The number of nitro benzene ring substituents is 2. The maximum atomic E-state index is 10.7. The summed E-state index contributed by atoms with van der Waals surface area (Å²) in [7, 11) is 0. The van der Waals surface area contributed by atoms with Crippen molar-refractivity contribution in [1.29, 1.82) is 0 Å². The van der Waals surface area contributed by atoms with Gasteiger partial charge in [0.15, 0.2) is 0 Å². The summed E-state index contributed by atoms with van der Waals surface area (Å²) < 4.78 is 0. The Morgan fingerprint density at radius 2 is 1.25 bits per heavy atom. The second kappa shape index (κ2) is 5.31. The average Bonchev–Trinajstić information content (AvgIpc) is 2.46. The zero-order valence-electron chi connectivity index (χ0n) is 10.4. The molecule has 100 valence electrons. The first-order chi connectivity index (χ1) is 9.49. The first-order valence-electron chi connectivity index (χ1n) is 5.67. The summed E-state index contributed by atoms with van der Waals surface area (Å²) in [4.78, 5) is 20.5. The van der Waals surface area contributed by atoms with Crippen LogP contribution >= 0.6 is 0 Å². The molecule has 0 aliphatic carbocycles. The summed E-state index contributed by atoms with van der Waals surface area (Å²) in [6, 6.07) is 12.0. The van der Waals surface area contributed by atoms with Gasteiger partial charge in [0, 0.05) is 24.3 Å². The van der Waals surface area contributed by atoms with Crippen LogP contribution in [0.25, 0.3) is 5.57 Å². The van der Waals surface area contributed by atoms with Crippen molar-refractivity contribution in [1.82, 2.24) is 0 Å². The molecule has 0 radical (unpaired) electrons. The highest BCUT2D eigenvalue weighted by molar-refractivity contribution is 5.79. The number of nitrogens with zero attached hydrogens (tertiary/aromatic N) is 2. The largest absolute Gasteiger partial charge is 0.270 e. The van der Waals surface area contributed by atoms with Gasteiger partial charge in [-0.15, -0.1) is 0 Å². The van der Waals surface area contributed by atoms with E-state index in [1.165, 1.54) is 24.3 Å². The van der Waals surface area contributed by atoms with Crippen molar-refractivity contribution in [3.63, 3.8) is 0 Å². The highest BCUT2D eigenvalue weighted by Gasteiger charge is 2.11. The van der Waals surface area contributed by atoms with Gasteiger partial charge in [0.25, 0.3) is 11.4 Å². The molecule has 0 unspecified atom stereocenters. The number of rotatable bonds is 4. The lowest BCUT2D eigenvalue weighted by Crippen LogP contribution is -1.93. The number of hydrogen-bond donors (Lipinski definition) is 0. The maximum absolute atomic E-state index is 10.7. The highest BCUT2D eigenvalue weighted by Crippen LogP contribution is 2.26. The van der Waals surface area contributed by atoms with Gasteiger partial charge in [-0.3, -0.25) is 20.2 Å². The molecular formula is C14H10N2O4. The maximum Gasteiger partial charge on any atom is 0.270 e. The van der Waals surface area contributed by atoms with E-state index in [9.17, 15) is 20.2 Å². The predicted molar refractivity (Wildman–Crippen MR) is 74.3 cm³/mol. The standard InChI is InChI=1S/C14H10N2O4/c1-10(11-4-2-6-13(8-11)15(17)18)12-5-3-7-14(9-12)16(19)20/h2-9H,1H2. The Balaban J connectivity index is 2.41. The fourth-order valence-corrected chi connectivity index (χ4v) is 1.78. The Labute approximate surface area is 114 Å². The molecule has 2 rings (SSSR count). The van der Waals surface area contributed by atoms with Crippen molar-refractivity contribution in [2.24, 2.45) is 0 Å². The zero-order chi connectivity index (χ0) is 14.7. The van der Waals surface area contributed by atoms with Gasteiger partial charge in [-0.2, -0.15) is 0 Å². The normalized spacial score (nSPS) is 10.0. The van der Waals surface area contributed by atoms with E-state index in [4.69, 9.17) is 0 Å². The van der Waals surface area contributed by atoms with Gasteiger partial charge in [0.2, 0.25) is 0 Å². The van der Waals surface area contributed by atoms with Crippen LogP contribution in [0.4, 0.5) is 11.4 Å². The second-order valence-corrected chi connectivity index (χ2v) is 4.09. The van der Waals surface area contributed by atoms with Crippen molar-refractivity contribution in [2.75, 3.05) is 0 Å². The smallest absolute Gasteiger partial charge is 0.258 e. The van der Waals surface area contributed by atoms with Crippen LogP contribution in [0, 0.1) is 20.2 Å². The molecule has 0 aromatic heterocycles. The third-order valence-corrected chi connectivity index (χ3v) is 2.81. The van der Waals surface area contributed by atoms with Crippen molar-refractivity contribution in [2.45, 2.75) is 0 Å². The third kappa shape index (κ3) is 2.69. The Hall–Kier alpha value is -3.02. The summed E-state index contributed by atoms with van der Waals surface area (Å²) in [5.41, 5.74) is 1.51. The Bertz CT molecular complexity index is 650. The van der Waals surface area contributed by atoms with Gasteiger partial charge >= 0.3 is 0 Å². The molecule has 0 saturated carbocycles. The van der Waals surface area contributed by atoms with Gasteiger partial charge in [-0.1, -0.05) is 30.8 Å². The fourth-order valence-electron chi connectivity index (χ4n) is 1.78. The van der Waals surface area contributed by atoms with Crippen LogP contribution in [0.3, 0.4) is 0 Å². The van der Waals surface area contributed by atoms with E-state index in [0.717, 1.165) is 0 Å². The van der Waals surface area contributed by atoms with E-state index in [2.05, 4.69) is 6.58 Å². The molecule has 0 fully saturated rings. The van der Waals surface area contributed by atoms with Gasteiger partial charge in [-0.05, 0) is 16.7 Å². The molecule has 0 saturated heterocycles. The first-order valence-corrected chi connectivity index (χ1v) is 5.67. The minimum absolute atomic E-state index is 0.0471. The van der Waals surface area contributed by atoms with Gasteiger partial charge < -0.3 is 0 Å². The minimum atomic E-state index is -0.496. The molecule has 0 spiro atoms. The van der Waals surface area contributed by atoms with E-state index in [-0.39, 0.29) is 11.4 Å². The van der Waals surface area contributed by atoms with Gasteiger partial charge in [-0.25, -0.2) is 0 Å². The van der Waals surface area contributed by atoms with E-state index >= 15 is 0 Å². The van der Waals surface area contributed by atoms with Gasteiger partial charge in [0.1, 0.15) is 0 Å². The molecule has 0 aliphatic heterocycles. The molecule has 0 aliphatic rings. The summed E-state index contributed by atoms with van der Waals surface area (Å²) in [5.74, 6) is 0. The SMILES string of the molecule is C=C(c1cccc([N+](=O)[O-])c1)c1cccc([N+](=O)[O-])c1. The molecule has 0 N–H and O–H groups in total. The highest BCUT2D eigenvalue weighted by atomic mass is 16.6. The lowest BCUT2D eigenvalue weighted by molar-refractivity contribution is -0.385. The molecule has 6 heteroatoms. The third-order valence-electron chi connectivity index (χ3n) is 2.81. The van der Waals surface area contributed by atoms with Crippen LogP contribution in [-0.4, -0.2) is 9.85 Å². The molecule has 6 nitrogen and oxygen atoms in total. The van der Waals surface area contributed by atoms with Crippen molar-refractivity contribution >= 4 is 16.9 Å². The molecule has 0 heterocycles. The Morgan fingerprint density at radius 3 is 1.60 bits per heavy atom. The van der Waals surface area contributed by atoms with Crippen LogP contribution in [0.2, 0.25) is 0 Å². The first kappa shape index (κ1) is 13.4. The summed E-state index contributed by atoms with van der Waals surface area (Å²) in [5, 5.41) is 21.5. The van der Waals surface area contributed by atoms with Crippen LogP contribution < -0.4 is 0 Å². The number of non-ortho nitro benzene ring substituents is 2. The monoisotopic (exact) mass is 270 g/mol. The van der Waals surface area contributed by atoms with Crippen LogP contribution in [-0.2, 0) is 0 Å². The molecule has 0 atom stereocenters. The number of benzene rings is 2.